The number of rotatable bonds is 1. The highest BCUT2D eigenvalue weighted by atomic mass is 19.4. The van der Waals surface area contributed by atoms with E-state index in [0.29, 0.717) is 11.1 Å². The molecule has 0 spiro atoms. The first-order chi connectivity index (χ1) is 8.52. The summed E-state index contributed by atoms with van der Waals surface area (Å²) in [5, 5.41) is 8.87. The number of hydrogen-bond donors (Lipinski definition) is 0. The molecule has 18 heavy (non-hydrogen) atoms. The van der Waals surface area contributed by atoms with Gasteiger partial charge in [0, 0.05) is 11.8 Å². The molecule has 0 atom stereocenters. The van der Waals surface area contributed by atoms with Crippen LogP contribution in [0.5, 0.6) is 0 Å². The van der Waals surface area contributed by atoms with Gasteiger partial charge >= 0.3 is 6.18 Å². The van der Waals surface area contributed by atoms with Gasteiger partial charge in [-0.2, -0.15) is 18.4 Å². The van der Waals surface area contributed by atoms with Crippen molar-refractivity contribution in [3.05, 3.63) is 53.9 Å². The Labute approximate surface area is 101 Å². The number of pyridine rings is 1. The molecule has 1 heterocycles. The van der Waals surface area contributed by atoms with Gasteiger partial charge in [-0.15, -0.1) is 0 Å². The Morgan fingerprint density at radius 2 is 1.72 bits per heavy atom. The Kier molecular flexibility index (Phi) is 3.02. The van der Waals surface area contributed by atoms with E-state index in [-0.39, 0.29) is 5.69 Å². The third-order valence-electron chi connectivity index (χ3n) is 2.44. The molecular formula is C13H7F3N2. The summed E-state index contributed by atoms with van der Waals surface area (Å²) in [5.74, 6) is 0. The Morgan fingerprint density at radius 3 is 2.28 bits per heavy atom. The van der Waals surface area contributed by atoms with Gasteiger partial charge in [0.1, 0.15) is 11.8 Å². The van der Waals surface area contributed by atoms with Crippen LogP contribution in [0.4, 0.5) is 13.2 Å². The number of benzene rings is 1. The summed E-state index contributed by atoms with van der Waals surface area (Å²) in [5.41, 5.74) is 0.535. The molecule has 5 heteroatoms. The normalized spacial score (nSPS) is 11.0. The van der Waals surface area contributed by atoms with Crippen molar-refractivity contribution < 1.29 is 13.2 Å². The molecule has 2 rings (SSSR count). The van der Waals surface area contributed by atoms with Crippen LogP contribution in [0.1, 0.15) is 11.3 Å². The monoisotopic (exact) mass is 248 g/mol. The maximum Gasteiger partial charge on any atom is 0.416 e. The maximum atomic E-state index is 12.4. The SMILES string of the molecule is N#Cc1ncccc1-c1ccc(C(F)(F)F)cc1. The number of nitrogens with zero attached hydrogens (tertiary/aromatic N) is 2. The minimum atomic E-state index is -4.36. The fraction of sp³-hybridized carbons (Fsp3) is 0.0769. The van der Waals surface area contributed by atoms with E-state index in [2.05, 4.69) is 4.98 Å². The predicted octanol–water partition coefficient (Wildman–Crippen LogP) is 3.64. The first-order valence-corrected chi connectivity index (χ1v) is 5.05. The van der Waals surface area contributed by atoms with E-state index in [9.17, 15) is 13.2 Å². The van der Waals surface area contributed by atoms with Crippen LogP contribution in [-0.4, -0.2) is 4.98 Å². The first-order valence-electron chi connectivity index (χ1n) is 5.05. The second kappa shape index (κ2) is 4.49. The van der Waals surface area contributed by atoms with Crippen molar-refractivity contribution in [3.63, 3.8) is 0 Å². The molecule has 0 fully saturated rings. The van der Waals surface area contributed by atoms with Gasteiger partial charge in [-0.05, 0) is 29.8 Å². The molecule has 0 radical (unpaired) electrons. The van der Waals surface area contributed by atoms with Gasteiger partial charge in [-0.3, -0.25) is 0 Å². The van der Waals surface area contributed by atoms with Crippen LogP contribution in [0.15, 0.2) is 42.6 Å². The number of hydrogen-bond acceptors (Lipinski definition) is 2. The summed E-state index contributed by atoms with van der Waals surface area (Å²) in [6.07, 6.45) is -2.89. The van der Waals surface area contributed by atoms with Crippen molar-refractivity contribution in [2.75, 3.05) is 0 Å². The Morgan fingerprint density at radius 1 is 1.06 bits per heavy atom. The largest absolute Gasteiger partial charge is 0.416 e. The van der Waals surface area contributed by atoms with Gasteiger partial charge in [0.2, 0.25) is 0 Å². The first kappa shape index (κ1) is 12.1. The van der Waals surface area contributed by atoms with Crippen molar-refractivity contribution in [3.8, 4) is 17.2 Å². The van der Waals surface area contributed by atoms with Crippen molar-refractivity contribution in [1.82, 2.24) is 4.98 Å². The van der Waals surface area contributed by atoms with Crippen LogP contribution in [0.3, 0.4) is 0 Å². The molecule has 0 bridgehead atoms. The fourth-order valence-electron chi connectivity index (χ4n) is 1.57. The smallest absolute Gasteiger partial charge is 0.245 e. The van der Waals surface area contributed by atoms with Crippen LogP contribution >= 0.6 is 0 Å². The molecule has 0 N–H and O–H groups in total. The maximum absolute atomic E-state index is 12.4. The quantitative estimate of drug-likeness (QED) is 0.772. The standard InChI is InChI=1S/C13H7F3N2/c14-13(15,16)10-5-3-9(4-6-10)11-2-1-7-18-12(11)8-17/h1-7H. The lowest BCUT2D eigenvalue weighted by Crippen LogP contribution is -2.04. The van der Waals surface area contributed by atoms with E-state index in [0.717, 1.165) is 12.1 Å². The lowest BCUT2D eigenvalue weighted by atomic mass is 10.0. The summed E-state index contributed by atoms with van der Waals surface area (Å²) >= 11 is 0. The van der Waals surface area contributed by atoms with Crippen LogP contribution in [0.2, 0.25) is 0 Å². The highest BCUT2D eigenvalue weighted by Crippen LogP contribution is 2.31. The Bertz CT molecular complexity index is 595. The van der Waals surface area contributed by atoms with E-state index in [1.807, 2.05) is 6.07 Å². The molecule has 0 amide bonds. The molecule has 0 saturated carbocycles. The summed E-state index contributed by atoms with van der Waals surface area (Å²) in [4.78, 5) is 3.86. The Balaban J connectivity index is 2.45. The summed E-state index contributed by atoms with van der Waals surface area (Å²) in [6, 6.07) is 9.83. The molecule has 0 aliphatic rings. The zero-order valence-corrected chi connectivity index (χ0v) is 9.07. The van der Waals surface area contributed by atoms with Gasteiger partial charge < -0.3 is 0 Å². The summed E-state index contributed by atoms with van der Waals surface area (Å²) in [6.45, 7) is 0. The fourth-order valence-corrected chi connectivity index (χ4v) is 1.57. The van der Waals surface area contributed by atoms with E-state index in [1.165, 1.54) is 18.3 Å². The molecule has 0 aliphatic heterocycles. The molecule has 2 nitrogen and oxygen atoms in total. The van der Waals surface area contributed by atoms with Gasteiger partial charge in [-0.1, -0.05) is 12.1 Å². The second-order valence-electron chi connectivity index (χ2n) is 3.59. The number of nitriles is 1. The zero-order valence-electron chi connectivity index (χ0n) is 9.07. The van der Waals surface area contributed by atoms with Gasteiger partial charge in [0.25, 0.3) is 0 Å². The lowest BCUT2D eigenvalue weighted by Gasteiger charge is -2.08. The van der Waals surface area contributed by atoms with Crippen molar-refractivity contribution >= 4 is 0 Å². The third-order valence-corrected chi connectivity index (χ3v) is 2.44. The highest BCUT2D eigenvalue weighted by Gasteiger charge is 2.30. The minimum absolute atomic E-state index is 0.192. The van der Waals surface area contributed by atoms with Crippen LogP contribution in [0, 0.1) is 11.3 Å². The van der Waals surface area contributed by atoms with Gasteiger partial charge in [0.05, 0.1) is 5.56 Å². The Hall–Kier alpha value is -2.35. The van der Waals surface area contributed by atoms with Crippen molar-refractivity contribution in [2.45, 2.75) is 6.18 Å². The molecule has 1 aromatic heterocycles. The van der Waals surface area contributed by atoms with Crippen LogP contribution in [-0.2, 0) is 6.18 Å². The minimum Gasteiger partial charge on any atom is -0.245 e. The van der Waals surface area contributed by atoms with Gasteiger partial charge in [-0.25, -0.2) is 4.98 Å². The predicted molar refractivity (Wildman–Crippen MR) is 59.4 cm³/mol. The van der Waals surface area contributed by atoms with E-state index in [4.69, 9.17) is 5.26 Å². The molecular weight excluding hydrogens is 241 g/mol. The third kappa shape index (κ3) is 2.33. The number of alkyl halides is 3. The van der Waals surface area contributed by atoms with E-state index in [1.54, 1.807) is 12.1 Å². The molecule has 0 saturated heterocycles. The molecule has 0 aliphatic carbocycles. The molecule has 1 aromatic carbocycles. The van der Waals surface area contributed by atoms with Crippen molar-refractivity contribution in [2.24, 2.45) is 0 Å². The van der Waals surface area contributed by atoms with Crippen LogP contribution in [0.25, 0.3) is 11.1 Å². The zero-order chi connectivity index (χ0) is 13.2. The number of halogens is 3. The summed E-state index contributed by atoms with van der Waals surface area (Å²) in [7, 11) is 0. The van der Waals surface area contributed by atoms with Crippen molar-refractivity contribution in [1.29, 1.82) is 5.26 Å². The second-order valence-corrected chi connectivity index (χ2v) is 3.59. The topological polar surface area (TPSA) is 36.7 Å². The average Bonchev–Trinajstić information content (AvgIpc) is 2.38. The van der Waals surface area contributed by atoms with Crippen LogP contribution < -0.4 is 0 Å². The van der Waals surface area contributed by atoms with E-state index < -0.39 is 11.7 Å². The lowest BCUT2D eigenvalue weighted by molar-refractivity contribution is -0.137. The highest BCUT2D eigenvalue weighted by molar-refractivity contribution is 5.68. The number of aromatic nitrogens is 1. The van der Waals surface area contributed by atoms with E-state index >= 15 is 0 Å². The molecule has 2 aromatic rings. The average molecular weight is 248 g/mol. The summed E-state index contributed by atoms with van der Waals surface area (Å²) < 4.78 is 37.2. The molecule has 90 valence electrons. The van der Waals surface area contributed by atoms with Gasteiger partial charge in [0.15, 0.2) is 0 Å². The molecule has 0 unspecified atom stereocenters.